The van der Waals surface area contributed by atoms with Crippen LogP contribution in [0.4, 0.5) is 0 Å². The highest BCUT2D eigenvalue weighted by Gasteiger charge is 2.27. The fourth-order valence-electron chi connectivity index (χ4n) is 2.43. The van der Waals surface area contributed by atoms with E-state index in [1.54, 1.807) is 0 Å². The number of carbonyl (C=O) groups excluding carboxylic acids is 1. The number of H-pyrrole nitrogens is 1. The Kier molecular flexibility index (Phi) is 4.35. The van der Waals surface area contributed by atoms with Crippen molar-refractivity contribution in [3.63, 3.8) is 0 Å². The zero-order chi connectivity index (χ0) is 18.0. The van der Waals surface area contributed by atoms with Gasteiger partial charge >= 0.3 is 0 Å². The van der Waals surface area contributed by atoms with Crippen LogP contribution in [0, 0.1) is 0 Å². The number of aromatic amines is 1. The van der Waals surface area contributed by atoms with Gasteiger partial charge in [0.15, 0.2) is 11.6 Å². The average Bonchev–Trinajstić information content (AvgIpc) is 3.24. The maximum atomic E-state index is 11.3. The van der Waals surface area contributed by atoms with Gasteiger partial charge in [0.05, 0.1) is 5.54 Å². The number of nitrogens with zero attached hydrogens (tertiary/aromatic N) is 4. The minimum absolute atomic E-state index is 0.154. The summed E-state index contributed by atoms with van der Waals surface area (Å²) >= 11 is 0. The number of hydrogen-bond acceptors (Lipinski definition) is 6. The molecule has 0 spiro atoms. The van der Waals surface area contributed by atoms with E-state index in [9.17, 15) is 4.79 Å². The zero-order valence-electron chi connectivity index (χ0n) is 14.6. The summed E-state index contributed by atoms with van der Waals surface area (Å²) in [7, 11) is 0. The molecule has 0 aliphatic rings. The van der Waals surface area contributed by atoms with E-state index in [-0.39, 0.29) is 5.91 Å². The predicted molar refractivity (Wildman–Crippen MR) is 91.3 cm³/mol. The van der Waals surface area contributed by atoms with E-state index in [1.807, 2.05) is 45.0 Å². The van der Waals surface area contributed by atoms with Crippen LogP contribution in [0.1, 0.15) is 39.3 Å². The van der Waals surface area contributed by atoms with Crippen molar-refractivity contribution in [2.45, 2.75) is 39.7 Å². The predicted octanol–water partition coefficient (Wildman–Crippen LogP) is 2.46. The van der Waals surface area contributed by atoms with Crippen molar-refractivity contribution in [1.29, 1.82) is 0 Å². The minimum Gasteiger partial charge on any atom is -0.344 e. The molecule has 0 saturated carbocycles. The van der Waals surface area contributed by atoms with Crippen LogP contribution in [0.15, 0.2) is 28.8 Å². The zero-order valence-corrected chi connectivity index (χ0v) is 14.6. The molecule has 2 heterocycles. The first kappa shape index (κ1) is 16.8. The molecule has 8 nitrogen and oxygen atoms in total. The number of amides is 1. The first-order valence-electron chi connectivity index (χ1n) is 8.04. The highest BCUT2D eigenvalue weighted by atomic mass is 16.5. The lowest BCUT2D eigenvalue weighted by atomic mass is 10.1. The van der Waals surface area contributed by atoms with Crippen molar-refractivity contribution in [3.8, 4) is 22.8 Å². The summed E-state index contributed by atoms with van der Waals surface area (Å²) < 4.78 is 5.34. The molecule has 8 heteroatoms. The van der Waals surface area contributed by atoms with Crippen LogP contribution in [-0.4, -0.2) is 31.2 Å². The van der Waals surface area contributed by atoms with Crippen LogP contribution in [0.25, 0.3) is 22.8 Å². The molecule has 130 valence electrons. The molecular weight excluding hydrogens is 320 g/mol. The summed E-state index contributed by atoms with van der Waals surface area (Å²) in [6.07, 6.45) is 0.805. The van der Waals surface area contributed by atoms with Crippen molar-refractivity contribution in [1.82, 2.24) is 30.6 Å². The number of aryl methyl sites for hydroxylation is 1. The summed E-state index contributed by atoms with van der Waals surface area (Å²) in [6, 6.07) is 7.56. The Hall–Kier alpha value is -3.03. The Balaban J connectivity index is 1.82. The fraction of sp³-hybridized carbons (Fsp3) is 0.353. The lowest BCUT2D eigenvalue weighted by molar-refractivity contribution is -0.120. The molecule has 3 aromatic rings. The van der Waals surface area contributed by atoms with E-state index in [1.165, 1.54) is 6.92 Å². The molecule has 0 atom stereocenters. The summed E-state index contributed by atoms with van der Waals surface area (Å²) in [6.45, 7) is 7.11. The van der Waals surface area contributed by atoms with Gasteiger partial charge in [-0.25, -0.2) is 4.98 Å². The smallest absolute Gasteiger partial charge is 0.258 e. The number of nitrogens with one attached hydrogen (secondary N) is 2. The molecule has 0 radical (unpaired) electrons. The van der Waals surface area contributed by atoms with E-state index in [2.05, 4.69) is 30.6 Å². The topological polar surface area (TPSA) is 110 Å². The van der Waals surface area contributed by atoms with E-state index in [0.29, 0.717) is 17.5 Å². The monoisotopic (exact) mass is 340 g/mol. The highest BCUT2D eigenvalue weighted by molar-refractivity contribution is 5.73. The third-order valence-corrected chi connectivity index (χ3v) is 3.73. The minimum atomic E-state index is -0.705. The van der Waals surface area contributed by atoms with Crippen LogP contribution >= 0.6 is 0 Å². The molecule has 0 aliphatic carbocycles. The Morgan fingerprint density at radius 1 is 1.20 bits per heavy atom. The molecule has 0 saturated heterocycles. The van der Waals surface area contributed by atoms with Crippen molar-refractivity contribution in [3.05, 3.63) is 35.9 Å². The number of benzene rings is 1. The molecule has 1 amide bonds. The van der Waals surface area contributed by atoms with E-state index < -0.39 is 5.54 Å². The third-order valence-electron chi connectivity index (χ3n) is 3.73. The summed E-state index contributed by atoms with van der Waals surface area (Å²) in [4.78, 5) is 20.1. The second-order valence-electron chi connectivity index (χ2n) is 6.27. The van der Waals surface area contributed by atoms with Crippen LogP contribution in [0.5, 0.6) is 0 Å². The quantitative estimate of drug-likeness (QED) is 0.738. The highest BCUT2D eigenvalue weighted by Crippen LogP contribution is 2.24. The van der Waals surface area contributed by atoms with Gasteiger partial charge in [0, 0.05) is 24.5 Å². The maximum Gasteiger partial charge on any atom is 0.258 e. The summed E-state index contributed by atoms with van der Waals surface area (Å²) in [5.74, 6) is 2.16. The molecule has 2 aromatic heterocycles. The average molecular weight is 340 g/mol. The Morgan fingerprint density at radius 2 is 1.88 bits per heavy atom. The molecule has 0 bridgehead atoms. The Bertz CT molecular complexity index is 879. The van der Waals surface area contributed by atoms with Crippen LogP contribution in [-0.2, 0) is 16.8 Å². The molecular formula is C17H20N6O2. The molecule has 0 aliphatic heterocycles. The van der Waals surface area contributed by atoms with Crippen LogP contribution < -0.4 is 5.32 Å². The van der Waals surface area contributed by atoms with Crippen molar-refractivity contribution < 1.29 is 9.32 Å². The largest absolute Gasteiger partial charge is 0.344 e. The van der Waals surface area contributed by atoms with Gasteiger partial charge in [-0.2, -0.15) is 10.1 Å². The lowest BCUT2D eigenvalue weighted by Gasteiger charge is -2.20. The second kappa shape index (κ2) is 6.46. The van der Waals surface area contributed by atoms with Gasteiger partial charge < -0.3 is 9.84 Å². The summed E-state index contributed by atoms with van der Waals surface area (Å²) in [5.41, 5.74) is 0.980. The van der Waals surface area contributed by atoms with Gasteiger partial charge in [-0.15, -0.1) is 0 Å². The molecule has 25 heavy (non-hydrogen) atoms. The van der Waals surface area contributed by atoms with Crippen LogP contribution in [0.3, 0.4) is 0 Å². The van der Waals surface area contributed by atoms with E-state index >= 15 is 0 Å². The summed E-state index contributed by atoms with van der Waals surface area (Å²) in [5, 5.41) is 13.9. The molecule has 3 rings (SSSR count). The Labute approximate surface area is 145 Å². The van der Waals surface area contributed by atoms with Gasteiger partial charge in [-0.05, 0) is 26.0 Å². The number of carbonyl (C=O) groups is 1. The number of rotatable bonds is 5. The van der Waals surface area contributed by atoms with Gasteiger partial charge in [0.1, 0.15) is 5.82 Å². The maximum absolute atomic E-state index is 11.3. The normalized spacial score (nSPS) is 11.5. The van der Waals surface area contributed by atoms with E-state index in [4.69, 9.17) is 4.52 Å². The van der Waals surface area contributed by atoms with Crippen molar-refractivity contribution in [2.75, 3.05) is 0 Å². The first-order valence-corrected chi connectivity index (χ1v) is 8.04. The second-order valence-corrected chi connectivity index (χ2v) is 6.27. The molecule has 1 aromatic carbocycles. The van der Waals surface area contributed by atoms with Gasteiger partial charge in [-0.3, -0.25) is 9.89 Å². The van der Waals surface area contributed by atoms with E-state index in [0.717, 1.165) is 23.4 Å². The van der Waals surface area contributed by atoms with Crippen LogP contribution in [0.2, 0.25) is 0 Å². The standard InChI is InChI=1S/C17H20N6O2/c1-5-13-18-14(22-21-13)11-6-8-12(9-7-11)15-19-16(23-25-15)17(3,4)20-10(2)24/h6-9H,5H2,1-4H3,(H,20,24)(H,18,21,22). The first-order chi connectivity index (χ1) is 11.9. The van der Waals surface area contributed by atoms with Crippen molar-refractivity contribution >= 4 is 5.91 Å². The lowest BCUT2D eigenvalue weighted by Crippen LogP contribution is -2.40. The molecule has 0 fully saturated rings. The molecule has 0 unspecified atom stereocenters. The fourth-order valence-corrected chi connectivity index (χ4v) is 2.43. The Morgan fingerprint density at radius 3 is 2.48 bits per heavy atom. The third kappa shape index (κ3) is 3.57. The van der Waals surface area contributed by atoms with Gasteiger partial charge in [0.2, 0.25) is 5.91 Å². The SMILES string of the molecule is CCc1nc(-c2ccc(-c3nc(C(C)(C)NC(C)=O)no3)cc2)n[nH]1. The van der Waals surface area contributed by atoms with Crippen molar-refractivity contribution in [2.24, 2.45) is 0 Å². The number of aromatic nitrogens is 5. The van der Waals surface area contributed by atoms with Gasteiger partial charge in [-0.1, -0.05) is 24.2 Å². The van der Waals surface area contributed by atoms with Gasteiger partial charge in [0.25, 0.3) is 5.89 Å². The molecule has 2 N–H and O–H groups in total. The number of hydrogen-bond donors (Lipinski definition) is 2.